The lowest BCUT2D eigenvalue weighted by molar-refractivity contribution is 0.0690. The van der Waals surface area contributed by atoms with Gasteiger partial charge in [-0.2, -0.15) is 0 Å². The van der Waals surface area contributed by atoms with Crippen LogP contribution >= 0.6 is 0 Å². The zero-order chi connectivity index (χ0) is 15.5. The summed E-state index contributed by atoms with van der Waals surface area (Å²) in [5.74, 6) is -1.35. The molecule has 8 heteroatoms. The largest absolute Gasteiger partial charge is 0.476 e. The van der Waals surface area contributed by atoms with Gasteiger partial charge in [0.05, 0.1) is 24.2 Å². The smallest absolute Gasteiger partial charge is 0.358 e. The fourth-order valence-corrected chi connectivity index (χ4v) is 3.23. The van der Waals surface area contributed by atoms with Gasteiger partial charge in [0.2, 0.25) is 0 Å². The van der Waals surface area contributed by atoms with Gasteiger partial charge < -0.3 is 5.11 Å². The molecule has 0 amide bonds. The van der Waals surface area contributed by atoms with E-state index in [1.54, 1.807) is 12.1 Å². The van der Waals surface area contributed by atoms with Crippen LogP contribution < -0.4 is 0 Å². The van der Waals surface area contributed by atoms with E-state index in [0.29, 0.717) is 0 Å². The number of nitrogens with zero attached hydrogens (tertiary/aromatic N) is 3. The van der Waals surface area contributed by atoms with E-state index in [2.05, 4.69) is 10.3 Å². The predicted octanol–water partition coefficient (Wildman–Crippen LogP) is 0.900. The summed E-state index contributed by atoms with van der Waals surface area (Å²) in [5, 5.41) is 15.7. The predicted molar refractivity (Wildman–Crippen MR) is 75.7 cm³/mol. The first-order chi connectivity index (χ1) is 9.87. The molecule has 0 aliphatic rings. The number of carboxylic acid groups (broad SMARTS) is 1. The molecule has 0 saturated heterocycles. The minimum absolute atomic E-state index is 0.0415. The van der Waals surface area contributed by atoms with Crippen molar-refractivity contribution in [2.24, 2.45) is 0 Å². The normalized spacial score (nSPS) is 11.5. The Balaban J connectivity index is 2.01. The third-order valence-corrected chi connectivity index (χ3v) is 4.58. The molecule has 2 aromatic rings. The van der Waals surface area contributed by atoms with Gasteiger partial charge in [-0.15, -0.1) is 5.10 Å². The summed E-state index contributed by atoms with van der Waals surface area (Å²) in [7, 11) is -3.30. The van der Waals surface area contributed by atoms with Crippen molar-refractivity contribution in [2.75, 3.05) is 5.75 Å². The highest BCUT2D eigenvalue weighted by molar-refractivity contribution is 7.90. The molecule has 7 nitrogen and oxygen atoms in total. The van der Waals surface area contributed by atoms with E-state index in [0.717, 1.165) is 11.1 Å². The van der Waals surface area contributed by atoms with Gasteiger partial charge in [0.15, 0.2) is 15.5 Å². The maximum atomic E-state index is 12.1. The van der Waals surface area contributed by atoms with Crippen LogP contribution in [0.2, 0.25) is 0 Å². The Labute approximate surface area is 122 Å². The Morgan fingerprint density at radius 1 is 1.33 bits per heavy atom. The molecule has 112 valence electrons. The van der Waals surface area contributed by atoms with E-state index in [9.17, 15) is 13.2 Å². The van der Waals surface area contributed by atoms with E-state index in [1.165, 1.54) is 10.9 Å². The minimum Gasteiger partial charge on any atom is -0.476 e. The zero-order valence-corrected chi connectivity index (χ0v) is 12.2. The summed E-state index contributed by atoms with van der Waals surface area (Å²) in [4.78, 5) is 10.7. The molecule has 0 spiro atoms. The summed E-state index contributed by atoms with van der Waals surface area (Å²) in [6.07, 6.45) is 1.21. The van der Waals surface area contributed by atoms with Crippen molar-refractivity contribution in [3.05, 3.63) is 47.3 Å². The highest BCUT2D eigenvalue weighted by Crippen LogP contribution is 2.12. The number of carboxylic acids is 1. The number of sulfone groups is 1. The SMILES string of the molecule is Cc1ccccc1CS(=O)(=O)CCn1cc(C(=O)O)nn1. The second-order valence-corrected chi connectivity index (χ2v) is 6.87. The van der Waals surface area contributed by atoms with E-state index < -0.39 is 15.8 Å². The summed E-state index contributed by atoms with van der Waals surface area (Å²) in [6, 6.07) is 7.30. The summed E-state index contributed by atoms with van der Waals surface area (Å²) in [6.45, 7) is 1.94. The Hall–Kier alpha value is -2.22. The molecular weight excluding hydrogens is 294 g/mol. The molecule has 0 radical (unpaired) electrons. The lowest BCUT2D eigenvalue weighted by Gasteiger charge is -2.07. The van der Waals surface area contributed by atoms with Crippen LogP contribution in [0.5, 0.6) is 0 Å². The van der Waals surface area contributed by atoms with Crippen LogP contribution in [-0.4, -0.2) is 40.2 Å². The Morgan fingerprint density at radius 3 is 2.67 bits per heavy atom. The van der Waals surface area contributed by atoms with Gasteiger partial charge >= 0.3 is 5.97 Å². The van der Waals surface area contributed by atoms with Crippen LogP contribution in [0.15, 0.2) is 30.5 Å². The summed E-state index contributed by atoms with van der Waals surface area (Å²) >= 11 is 0. The van der Waals surface area contributed by atoms with Crippen molar-refractivity contribution in [3.8, 4) is 0 Å². The van der Waals surface area contributed by atoms with Gasteiger partial charge in [-0.25, -0.2) is 13.2 Å². The Bertz CT molecular complexity index is 752. The van der Waals surface area contributed by atoms with Gasteiger partial charge in [0, 0.05) is 0 Å². The number of aryl methyl sites for hydroxylation is 2. The quantitative estimate of drug-likeness (QED) is 0.850. The molecule has 2 rings (SSSR count). The monoisotopic (exact) mass is 309 g/mol. The highest BCUT2D eigenvalue weighted by Gasteiger charge is 2.15. The maximum absolute atomic E-state index is 12.1. The van der Waals surface area contributed by atoms with Crippen LogP contribution in [0.3, 0.4) is 0 Å². The molecule has 1 heterocycles. The van der Waals surface area contributed by atoms with Crippen molar-refractivity contribution < 1.29 is 18.3 Å². The van der Waals surface area contributed by atoms with E-state index in [4.69, 9.17) is 5.11 Å². The lowest BCUT2D eigenvalue weighted by atomic mass is 10.1. The van der Waals surface area contributed by atoms with Gasteiger partial charge in [-0.05, 0) is 18.1 Å². The van der Waals surface area contributed by atoms with Crippen LogP contribution in [-0.2, 0) is 22.1 Å². The van der Waals surface area contributed by atoms with Crippen LogP contribution in [0, 0.1) is 6.92 Å². The first-order valence-electron chi connectivity index (χ1n) is 6.26. The second kappa shape index (κ2) is 6.04. The number of aromatic nitrogens is 3. The molecule has 21 heavy (non-hydrogen) atoms. The number of hydrogen-bond donors (Lipinski definition) is 1. The molecule has 0 unspecified atom stereocenters. The molecule has 1 aromatic heterocycles. The lowest BCUT2D eigenvalue weighted by Crippen LogP contribution is -2.15. The van der Waals surface area contributed by atoms with Crippen molar-refractivity contribution >= 4 is 15.8 Å². The maximum Gasteiger partial charge on any atom is 0.358 e. The third-order valence-electron chi connectivity index (χ3n) is 3.03. The van der Waals surface area contributed by atoms with Crippen molar-refractivity contribution in [2.45, 2.75) is 19.2 Å². The van der Waals surface area contributed by atoms with Gasteiger partial charge in [-0.3, -0.25) is 4.68 Å². The molecule has 1 N–H and O–H groups in total. The number of hydrogen-bond acceptors (Lipinski definition) is 5. The molecule has 0 bridgehead atoms. The van der Waals surface area contributed by atoms with Crippen molar-refractivity contribution in [1.29, 1.82) is 0 Å². The van der Waals surface area contributed by atoms with Crippen LogP contribution in [0.25, 0.3) is 0 Å². The molecule has 0 aliphatic carbocycles. The molecule has 0 atom stereocenters. The number of aromatic carboxylic acids is 1. The zero-order valence-electron chi connectivity index (χ0n) is 11.4. The van der Waals surface area contributed by atoms with E-state index >= 15 is 0 Å². The Kier molecular flexibility index (Phi) is 4.37. The fraction of sp³-hybridized carbons (Fsp3) is 0.308. The third kappa shape index (κ3) is 4.12. The van der Waals surface area contributed by atoms with Gasteiger partial charge in [0.25, 0.3) is 0 Å². The van der Waals surface area contributed by atoms with Crippen molar-refractivity contribution in [3.63, 3.8) is 0 Å². The highest BCUT2D eigenvalue weighted by atomic mass is 32.2. The minimum atomic E-state index is -3.30. The van der Waals surface area contributed by atoms with Crippen LogP contribution in [0.4, 0.5) is 0 Å². The average molecular weight is 309 g/mol. The summed E-state index contributed by atoms with van der Waals surface area (Å²) < 4.78 is 25.4. The molecular formula is C13H15N3O4S. The topological polar surface area (TPSA) is 102 Å². The number of benzene rings is 1. The molecule has 1 aromatic carbocycles. The first kappa shape index (κ1) is 15.2. The molecule has 0 aliphatic heterocycles. The number of rotatable bonds is 6. The van der Waals surface area contributed by atoms with Crippen molar-refractivity contribution in [1.82, 2.24) is 15.0 Å². The van der Waals surface area contributed by atoms with E-state index in [-0.39, 0.29) is 23.7 Å². The Morgan fingerprint density at radius 2 is 2.05 bits per heavy atom. The second-order valence-electron chi connectivity index (χ2n) is 4.69. The van der Waals surface area contributed by atoms with Gasteiger partial charge in [0.1, 0.15) is 0 Å². The summed E-state index contributed by atoms with van der Waals surface area (Å²) in [5.41, 5.74) is 1.49. The van der Waals surface area contributed by atoms with Gasteiger partial charge in [-0.1, -0.05) is 29.5 Å². The standard InChI is InChI=1S/C13H15N3O4S/c1-10-4-2-3-5-11(10)9-21(19,20)7-6-16-8-12(13(17)18)14-15-16/h2-5,8H,6-7,9H2,1H3,(H,17,18). The van der Waals surface area contributed by atoms with E-state index in [1.807, 2.05) is 19.1 Å². The average Bonchev–Trinajstić information content (AvgIpc) is 2.88. The number of carbonyl (C=O) groups is 1. The first-order valence-corrected chi connectivity index (χ1v) is 8.08. The molecule has 0 fully saturated rings. The van der Waals surface area contributed by atoms with Crippen LogP contribution in [0.1, 0.15) is 21.6 Å². The molecule has 0 saturated carbocycles. The fourth-order valence-electron chi connectivity index (χ4n) is 1.82.